The van der Waals surface area contributed by atoms with Crippen molar-refractivity contribution in [1.29, 1.82) is 0 Å². The second-order valence-corrected chi connectivity index (χ2v) is 6.18. The number of ether oxygens (including phenoxy) is 1. The zero-order chi connectivity index (χ0) is 20.8. The third-order valence-corrected chi connectivity index (χ3v) is 4.03. The van der Waals surface area contributed by atoms with Gasteiger partial charge < -0.3 is 19.9 Å². The van der Waals surface area contributed by atoms with Gasteiger partial charge in [0.25, 0.3) is 0 Å². The number of nitrogens with one attached hydrogen (secondary N) is 2. The van der Waals surface area contributed by atoms with Gasteiger partial charge in [-0.2, -0.15) is 4.98 Å². The van der Waals surface area contributed by atoms with Crippen molar-refractivity contribution in [1.82, 2.24) is 15.5 Å². The molecule has 0 radical (unpaired) electrons. The molecule has 2 amide bonds. The molecule has 2 N–H and O–H groups in total. The van der Waals surface area contributed by atoms with E-state index in [0.29, 0.717) is 17.1 Å². The van der Waals surface area contributed by atoms with Crippen molar-refractivity contribution in [2.45, 2.75) is 19.4 Å². The molecule has 8 nitrogen and oxygen atoms in total. The number of carbonyl (C=O) groups excluding carboxylic acids is 2. The second kappa shape index (κ2) is 8.96. The molecular formula is C20H19FN4O4. The first-order valence-electron chi connectivity index (χ1n) is 8.78. The molecule has 0 spiro atoms. The molecule has 2 aromatic carbocycles. The summed E-state index contributed by atoms with van der Waals surface area (Å²) < 4.78 is 23.8. The molecule has 1 atom stereocenters. The van der Waals surface area contributed by atoms with Crippen molar-refractivity contribution in [3.63, 3.8) is 0 Å². The van der Waals surface area contributed by atoms with Gasteiger partial charge in [-0.15, -0.1) is 0 Å². The van der Waals surface area contributed by atoms with Gasteiger partial charge in [-0.25, -0.2) is 4.39 Å². The van der Waals surface area contributed by atoms with Crippen LogP contribution in [0.1, 0.15) is 12.8 Å². The smallest absolute Gasteiger partial charge is 0.246 e. The van der Waals surface area contributed by atoms with Crippen molar-refractivity contribution < 1.29 is 23.2 Å². The molecule has 1 aromatic heterocycles. The normalized spacial score (nSPS) is 11.6. The maximum atomic E-state index is 13.6. The SMILES string of the molecule is COc1ccc(-c2noc(CC(=O)NC(C)C(=O)Nc3ccccc3F)n2)cc1. The number of rotatable bonds is 7. The first-order chi connectivity index (χ1) is 14.0. The summed E-state index contributed by atoms with van der Waals surface area (Å²) in [6.07, 6.45) is -0.194. The lowest BCUT2D eigenvalue weighted by Gasteiger charge is -2.13. The van der Waals surface area contributed by atoms with Gasteiger partial charge in [0.1, 0.15) is 24.0 Å². The summed E-state index contributed by atoms with van der Waals surface area (Å²) in [5.74, 6) is -0.453. The van der Waals surface area contributed by atoms with E-state index in [1.807, 2.05) is 0 Å². The van der Waals surface area contributed by atoms with Crippen LogP contribution in [0, 0.1) is 5.82 Å². The average molecular weight is 398 g/mol. The number of aromatic nitrogens is 2. The van der Waals surface area contributed by atoms with Crippen molar-refractivity contribution in [2.75, 3.05) is 12.4 Å². The molecule has 1 unspecified atom stereocenters. The van der Waals surface area contributed by atoms with Crippen LogP contribution in [0.3, 0.4) is 0 Å². The minimum atomic E-state index is -0.883. The highest BCUT2D eigenvalue weighted by atomic mass is 19.1. The molecule has 0 aliphatic rings. The molecule has 0 bridgehead atoms. The van der Waals surface area contributed by atoms with Crippen LogP contribution >= 0.6 is 0 Å². The number of methoxy groups -OCH3 is 1. The quantitative estimate of drug-likeness (QED) is 0.634. The Bertz CT molecular complexity index is 1000. The van der Waals surface area contributed by atoms with Crippen LogP contribution < -0.4 is 15.4 Å². The average Bonchev–Trinajstić information content (AvgIpc) is 3.18. The van der Waals surface area contributed by atoms with E-state index < -0.39 is 23.7 Å². The summed E-state index contributed by atoms with van der Waals surface area (Å²) in [6, 6.07) is 11.9. The van der Waals surface area contributed by atoms with E-state index in [1.54, 1.807) is 37.4 Å². The lowest BCUT2D eigenvalue weighted by Crippen LogP contribution is -2.42. The number of para-hydroxylation sites is 1. The van der Waals surface area contributed by atoms with E-state index in [2.05, 4.69) is 20.8 Å². The first-order valence-corrected chi connectivity index (χ1v) is 8.78. The molecule has 0 fully saturated rings. The molecule has 0 aliphatic heterocycles. The monoisotopic (exact) mass is 398 g/mol. The standard InChI is InChI=1S/C20H19FN4O4/c1-12(20(27)23-16-6-4-3-5-15(16)21)22-17(26)11-18-24-19(25-29-18)13-7-9-14(28-2)10-8-13/h3-10,12H,11H2,1-2H3,(H,22,26)(H,23,27). The van der Waals surface area contributed by atoms with Crippen molar-refractivity contribution >= 4 is 17.5 Å². The number of anilines is 1. The van der Waals surface area contributed by atoms with Gasteiger partial charge in [-0.05, 0) is 43.3 Å². The number of halogens is 1. The lowest BCUT2D eigenvalue weighted by molar-refractivity contribution is -0.126. The number of hydrogen-bond donors (Lipinski definition) is 2. The number of carbonyl (C=O) groups is 2. The van der Waals surface area contributed by atoms with Crippen LogP contribution in [0.2, 0.25) is 0 Å². The minimum Gasteiger partial charge on any atom is -0.497 e. The summed E-state index contributed by atoms with van der Waals surface area (Å²) in [5, 5.41) is 8.78. The minimum absolute atomic E-state index is 0.0413. The van der Waals surface area contributed by atoms with E-state index in [9.17, 15) is 14.0 Å². The highest BCUT2D eigenvalue weighted by Gasteiger charge is 2.19. The van der Waals surface area contributed by atoms with Gasteiger partial charge in [0.15, 0.2) is 0 Å². The number of hydrogen-bond acceptors (Lipinski definition) is 6. The Balaban J connectivity index is 1.55. The van der Waals surface area contributed by atoms with Crippen LogP contribution in [0.15, 0.2) is 53.1 Å². The van der Waals surface area contributed by atoms with Gasteiger partial charge in [-0.1, -0.05) is 17.3 Å². The van der Waals surface area contributed by atoms with Gasteiger partial charge >= 0.3 is 0 Å². The van der Waals surface area contributed by atoms with Crippen molar-refractivity contribution in [2.24, 2.45) is 0 Å². The maximum Gasteiger partial charge on any atom is 0.246 e. The first kappa shape index (κ1) is 20.0. The predicted octanol–water partition coefficient (Wildman–Crippen LogP) is 2.57. The Morgan fingerprint density at radius 2 is 1.90 bits per heavy atom. The fourth-order valence-electron chi connectivity index (χ4n) is 2.48. The molecule has 0 aliphatic carbocycles. The lowest BCUT2D eigenvalue weighted by atomic mass is 10.2. The Morgan fingerprint density at radius 1 is 1.17 bits per heavy atom. The molecule has 29 heavy (non-hydrogen) atoms. The summed E-state index contributed by atoms with van der Waals surface area (Å²) in [4.78, 5) is 28.5. The number of benzene rings is 2. The van der Waals surface area contributed by atoms with Crippen LogP contribution in [0.4, 0.5) is 10.1 Å². The van der Waals surface area contributed by atoms with E-state index in [4.69, 9.17) is 9.26 Å². The fourth-order valence-corrected chi connectivity index (χ4v) is 2.48. The molecule has 1 heterocycles. The van der Waals surface area contributed by atoms with Crippen molar-refractivity contribution in [3.8, 4) is 17.1 Å². The molecule has 3 aromatic rings. The van der Waals surface area contributed by atoms with E-state index in [0.717, 1.165) is 0 Å². The molecule has 0 saturated carbocycles. The van der Waals surface area contributed by atoms with E-state index in [-0.39, 0.29) is 18.0 Å². The molecule has 9 heteroatoms. The fraction of sp³-hybridized carbons (Fsp3) is 0.200. The Hall–Kier alpha value is -3.75. The summed E-state index contributed by atoms with van der Waals surface area (Å²) in [6.45, 7) is 1.49. The summed E-state index contributed by atoms with van der Waals surface area (Å²) in [7, 11) is 1.57. The second-order valence-electron chi connectivity index (χ2n) is 6.18. The van der Waals surface area contributed by atoms with Crippen LogP contribution in [-0.4, -0.2) is 35.1 Å². The molecule has 3 rings (SSSR count). The zero-order valence-electron chi connectivity index (χ0n) is 15.8. The molecular weight excluding hydrogens is 379 g/mol. The number of amides is 2. The van der Waals surface area contributed by atoms with E-state index >= 15 is 0 Å². The number of nitrogens with zero attached hydrogens (tertiary/aromatic N) is 2. The van der Waals surface area contributed by atoms with Crippen LogP contribution in [0.25, 0.3) is 11.4 Å². The Kier molecular flexibility index (Phi) is 6.18. The molecule has 150 valence electrons. The van der Waals surface area contributed by atoms with Crippen LogP contribution in [-0.2, 0) is 16.0 Å². The van der Waals surface area contributed by atoms with Crippen LogP contribution in [0.5, 0.6) is 5.75 Å². The highest BCUT2D eigenvalue weighted by molar-refractivity contribution is 5.97. The van der Waals surface area contributed by atoms with E-state index in [1.165, 1.54) is 25.1 Å². The summed E-state index contributed by atoms with van der Waals surface area (Å²) in [5.41, 5.74) is 0.749. The third kappa shape index (κ3) is 5.16. The maximum absolute atomic E-state index is 13.6. The van der Waals surface area contributed by atoms with Gasteiger partial charge in [0, 0.05) is 5.56 Å². The predicted molar refractivity (Wildman–Crippen MR) is 103 cm³/mol. The third-order valence-electron chi connectivity index (χ3n) is 4.03. The summed E-state index contributed by atoms with van der Waals surface area (Å²) >= 11 is 0. The highest BCUT2D eigenvalue weighted by Crippen LogP contribution is 2.19. The topological polar surface area (TPSA) is 106 Å². The Labute approximate surface area is 166 Å². The van der Waals surface area contributed by atoms with Gasteiger partial charge in [-0.3, -0.25) is 9.59 Å². The van der Waals surface area contributed by atoms with Gasteiger partial charge in [0.05, 0.1) is 12.8 Å². The zero-order valence-corrected chi connectivity index (χ0v) is 15.8. The largest absolute Gasteiger partial charge is 0.497 e. The van der Waals surface area contributed by atoms with Crippen molar-refractivity contribution in [3.05, 3.63) is 60.2 Å². The Morgan fingerprint density at radius 3 is 2.59 bits per heavy atom. The molecule has 0 saturated heterocycles. The van der Waals surface area contributed by atoms with Gasteiger partial charge in [0.2, 0.25) is 23.5 Å².